The molecule has 0 spiro atoms. The standard InChI is InChI=1S/C43H38N4O7S2/c1-51-32-17-11-16-30(25-32)35-26-55-43(46-35)47-42(50)39(28-12-7-5-8-13-28)56-33-20-18-31(19-21-33)44-41(49)34(45-40(48)29-14-9-6-10-15-29)22-27-23-36(52-2)38(54-4)37(24-27)53-3/h5-26,39H,1-4H3,(H,44,49)(H,45,48)(H,46,47,50)/b34-22-. The number of aromatic nitrogens is 1. The van der Waals surface area contributed by atoms with Crippen LogP contribution in [0.4, 0.5) is 10.8 Å². The lowest BCUT2D eigenvalue weighted by Crippen LogP contribution is -2.30. The number of ether oxygens (including phenoxy) is 4. The first-order valence-electron chi connectivity index (χ1n) is 17.2. The van der Waals surface area contributed by atoms with Gasteiger partial charge in [-0.3, -0.25) is 14.4 Å². The number of carbonyl (C=O) groups is 3. The first-order chi connectivity index (χ1) is 27.3. The fourth-order valence-electron chi connectivity index (χ4n) is 5.56. The van der Waals surface area contributed by atoms with Gasteiger partial charge in [-0.25, -0.2) is 4.98 Å². The molecule has 1 unspecified atom stereocenters. The molecule has 0 bridgehead atoms. The van der Waals surface area contributed by atoms with Crippen LogP contribution in [0.15, 0.2) is 137 Å². The second-order valence-electron chi connectivity index (χ2n) is 12.0. The smallest absolute Gasteiger partial charge is 0.272 e. The van der Waals surface area contributed by atoms with Crippen LogP contribution in [0.3, 0.4) is 0 Å². The average molecular weight is 787 g/mol. The molecule has 3 amide bonds. The zero-order valence-corrected chi connectivity index (χ0v) is 32.5. The molecule has 1 atom stereocenters. The van der Waals surface area contributed by atoms with E-state index in [1.165, 1.54) is 50.5 Å². The van der Waals surface area contributed by atoms with E-state index in [-0.39, 0.29) is 11.6 Å². The molecule has 13 heteroatoms. The van der Waals surface area contributed by atoms with Gasteiger partial charge in [-0.05, 0) is 77.9 Å². The van der Waals surface area contributed by atoms with Crippen molar-refractivity contribution in [1.29, 1.82) is 0 Å². The minimum absolute atomic E-state index is 0.0239. The summed E-state index contributed by atoms with van der Waals surface area (Å²) >= 11 is 2.70. The van der Waals surface area contributed by atoms with Crippen molar-refractivity contribution >= 4 is 57.7 Å². The number of nitrogens with one attached hydrogen (secondary N) is 3. The maximum Gasteiger partial charge on any atom is 0.272 e. The summed E-state index contributed by atoms with van der Waals surface area (Å²) in [5.74, 6) is 0.598. The van der Waals surface area contributed by atoms with Crippen molar-refractivity contribution in [3.05, 3.63) is 149 Å². The van der Waals surface area contributed by atoms with Gasteiger partial charge in [0.25, 0.3) is 11.8 Å². The highest BCUT2D eigenvalue weighted by Crippen LogP contribution is 2.39. The third kappa shape index (κ3) is 9.75. The molecule has 0 fully saturated rings. The van der Waals surface area contributed by atoms with Gasteiger partial charge < -0.3 is 34.9 Å². The zero-order valence-electron chi connectivity index (χ0n) is 30.9. The Morgan fingerprint density at radius 3 is 2.05 bits per heavy atom. The molecule has 0 radical (unpaired) electrons. The highest BCUT2D eigenvalue weighted by Gasteiger charge is 2.24. The van der Waals surface area contributed by atoms with Gasteiger partial charge in [0.1, 0.15) is 16.7 Å². The topological polar surface area (TPSA) is 137 Å². The molecule has 0 saturated carbocycles. The number of hydrogen-bond acceptors (Lipinski definition) is 10. The van der Waals surface area contributed by atoms with Gasteiger partial charge in [0.2, 0.25) is 11.7 Å². The number of rotatable bonds is 15. The number of carbonyl (C=O) groups excluding carboxylic acids is 3. The van der Waals surface area contributed by atoms with Crippen LogP contribution in [-0.2, 0) is 9.59 Å². The molecule has 0 aliphatic heterocycles. The number of thioether (sulfide) groups is 1. The minimum atomic E-state index is -0.609. The van der Waals surface area contributed by atoms with E-state index in [0.29, 0.717) is 39.2 Å². The monoisotopic (exact) mass is 786 g/mol. The van der Waals surface area contributed by atoms with E-state index in [4.69, 9.17) is 18.9 Å². The molecule has 5 aromatic carbocycles. The number of anilines is 2. The quantitative estimate of drug-likeness (QED) is 0.0690. The van der Waals surface area contributed by atoms with Crippen molar-refractivity contribution < 1.29 is 33.3 Å². The number of nitrogens with zero attached hydrogens (tertiary/aromatic N) is 1. The lowest BCUT2D eigenvalue weighted by atomic mass is 10.1. The molecule has 3 N–H and O–H groups in total. The lowest BCUT2D eigenvalue weighted by molar-refractivity contribution is -0.116. The van der Waals surface area contributed by atoms with E-state index < -0.39 is 17.1 Å². The summed E-state index contributed by atoms with van der Waals surface area (Å²) in [7, 11) is 6.09. The Morgan fingerprint density at radius 2 is 1.41 bits per heavy atom. The van der Waals surface area contributed by atoms with Crippen molar-refractivity contribution in [3.63, 3.8) is 0 Å². The second kappa shape index (κ2) is 18.7. The maximum atomic E-state index is 13.8. The van der Waals surface area contributed by atoms with Gasteiger partial charge in [-0.1, -0.05) is 60.7 Å². The van der Waals surface area contributed by atoms with Crippen molar-refractivity contribution in [2.45, 2.75) is 10.1 Å². The van der Waals surface area contributed by atoms with E-state index in [9.17, 15) is 14.4 Å². The molecule has 0 aliphatic carbocycles. The molecular weight excluding hydrogens is 749 g/mol. The molecule has 0 saturated heterocycles. The highest BCUT2D eigenvalue weighted by molar-refractivity contribution is 8.00. The molecule has 1 heterocycles. The van der Waals surface area contributed by atoms with Crippen LogP contribution < -0.4 is 34.9 Å². The van der Waals surface area contributed by atoms with Crippen LogP contribution in [0.1, 0.15) is 26.7 Å². The maximum absolute atomic E-state index is 13.8. The van der Waals surface area contributed by atoms with E-state index >= 15 is 0 Å². The van der Waals surface area contributed by atoms with Crippen LogP contribution in [0.5, 0.6) is 23.0 Å². The van der Waals surface area contributed by atoms with E-state index in [1.807, 2.05) is 72.1 Å². The van der Waals surface area contributed by atoms with Crippen LogP contribution >= 0.6 is 23.1 Å². The zero-order chi connectivity index (χ0) is 39.4. The summed E-state index contributed by atoms with van der Waals surface area (Å²) < 4.78 is 21.8. The van der Waals surface area contributed by atoms with E-state index in [0.717, 1.165) is 27.5 Å². The summed E-state index contributed by atoms with van der Waals surface area (Å²) in [6.07, 6.45) is 1.52. The van der Waals surface area contributed by atoms with Gasteiger partial charge in [0.15, 0.2) is 16.6 Å². The van der Waals surface area contributed by atoms with Crippen LogP contribution in [0.2, 0.25) is 0 Å². The summed E-state index contributed by atoms with van der Waals surface area (Å²) in [6, 6.07) is 36.1. The first-order valence-corrected chi connectivity index (χ1v) is 19.0. The van der Waals surface area contributed by atoms with Gasteiger partial charge in [-0.15, -0.1) is 23.1 Å². The van der Waals surface area contributed by atoms with E-state index in [1.54, 1.807) is 61.7 Å². The van der Waals surface area contributed by atoms with Gasteiger partial charge in [0.05, 0.1) is 34.1 Å². The first kappa shape index (κ1) is 39.1. The molecule has 6 rings (SSSR count). The lowest BCUT2D eigenvalue weighted by Gasteiger charge is -2.17. The minimum Gasteiger partial charge on any atom is -0.497 e. The molecular formula is C43H38N4O7S2. The molecule has 284 valence electrons. The van der Waals surface area contributed by atoms with E-state index in [2.05, 4.69) is 20.9 Å². The van der Waals surface area contributed by atoms with Gasteiger partial charge in [0, 0.05) is 27.1 Å². The van der Waals surface area contributed by atoms with Crippen LogP contribution in [0, 0.1) is 0 Å². The molecule has 0 aliphatic rings. The Hall–Kier alpha value is -6.57. The fraction of sp³-hybridized carbons (Fsp3) is 0.116. The number of benzene rings is 5. The summed E-state index contributed by atoms with van der Waals surface area (Å²) in [4.78, 5) is 46.3. The third-order valence-electron chi connectivity index (χ3n) is 8.33. The largest absolute Gasteiger partial charge is 0.497 e. The molecule has 56 heavy (non-hydrogen) atoms. The van der Waals surface area contributed by atoms with Crippen LogP contribution in [-0.4, -0.2) is 51.1 Å². The summed E-state index contributed by atoms with van der Waals surface area (Å²) in [6.45, 7) is 0. The Morgan fingerprint density at radius 1 is 0.732 bits per heavy atom. The number of thiazole rings is 1. The van der Waals surface area contributed by atoms with Crippen molar-refractivity contribution in [2.75, 3.05) is 39.1 Å². The Kier molecular flexibility index (Phi) is 13.0. The predicted octanol–water partition coefficient (Wildman–Crippen LogP) is 8.73. The Bertz CT molecular complexity index is 2310. The highest BCUT2D eigenvalue weighted by atomic mass is 32.2. The fourth-order valence-corrected chi connectivity index (χ4v) is 7.31. The molecule has 6 aromatic rings. The van der Waals surface area contributed by atoms with Gasteiger partial charge in [-0.2, -0.15) is 0 Å². The van der Waals surface area contributed by atoms with Crippen molar-refractivity contribution in [2.24, 2.45) is 0 Å². The predicted molar refractivity (Wildman–Crippen MR) is 221 cm³/mol. The third-order valence-corrected chi connectivity index (χ3v) is 10.4. The van der Waals surface area contributed by atoms with Crippen molar-refractivity contribution in [3.8, 4) is 34.3 Å². The number of hydrogen-bond donors (Lipinski definition) is 3. The summed E-state index contributed by atoms with van der Waals surface area (Å²) in [5.41, 5.74) is 3.76. The summed E-state index contributed by atoms with van der Waals surface area (Å²) in [5, 5.41) is 10.4. The molecule has 11 nitrogen and oxygen atoms in total. The number of amides is 3. The van der Waals surface area contributed by atoms with Crippen LogP contribution in [0.25, 0.3) is 17.3 Å². The Balaban J connectivity index is 1.20. The van der Waals surface area contributed by atoms with Gasteiger partial charge >= 0.3 is 0 Å². The molecule has 1 aromatic heterocycles. The van der Waals surface area contributed by atoms with Crippen molar-refractivity contribution in [1.82, 2.24) is 10.3 Å². The average Bonchev–Trinajstić information content (AvgIpc) is 3.71. The SMILES string of the molecule is COc1cccc(-c2csc(NC(=O)C(Sc3ccc(NC(=O)/C(=C/c4cc(OC)c(OC)c(OC)c4)NC(=O)c4ccccc4)cc3)c3ccccc3)n2)c1. The number of methoxy groups -OCH3 is 4. The second-order valence-corrected chi connectivity index (χ2v) is 14.0. The Labute approximate surface area is 332 Å². The normalized spacial score (nSPS) is 11.5.